The van der Waals surface area contributed by atoms with E-state index in [4.69, 9.17) is 0 Å². The lowest BCUT2D eigenvalue weighted by Crippen LogP contribution is -2.32. The van der Waals surface area contributed by atoms with Crippen LogP contribution < -0.4 is 16.6 Å². The second-order valence-corrected chi connectivity index (χ2v) is 6.02. The lowest BCUT2D eigenvalue weighted by Gasteiger charge is -2.09. The molecule has 0 bridgehead atoms. The molecular formula is C16H21N5O3. The molecule has 0 spiro atoms. The van der Waals surface area contributed by atoms with Crippen LogP contribution in [0.25, 0.3) is 0 Å². The van der Waals surface area contributed by atoms with Crippen LogP contribution in [0.2, 0.25) is 0 Å². The Labute approximate surface area is 138 Å². The first-order valence-electron chi connectivity index (χ1n) is 8.21. The van der Waals surface area contributed by atoms with Crippen LogP contribution in [-0.2, 0) is 19.5 Å². The van der Waals surface area contributed by atoms with Gasteiger partial charge in [0.05, 0.1) is 0 Å². The molecule has 3 heterocycles. The molecule has 0 aliphatic carbocycles. The van der Waals surface area contributed by atoms with Crippen molar-refractivity contribution in [3.8, 4) is 0 Å². The lowest BCUT2D eigenvalue weighted by atomic mass is 10.2. The number of hydrogen-bond acceptors (Lipinski definition) is 4. The Morgan fingerprint density at radius 2 is 2.17 bits per heavy atom. The molecule has 8 nitrogen and oxygen atoms in total. The van der Waals surface area contributed by atoms with Crippen LogP contribution in [0.5, 0.6) is 0 Å². The molecule has 0 saturated carbocycles. The van der Waals surface area contributed by atoms with E-state index in [2.05, 4.69) is 15.4 Å². The first kappa shape index (κ1) is 16.2. The van der Waals surface area contributed by atoms with E-state index >= 15 is 0 Å². The molecular weight excluding hydrogens is 310 g/mol. The molecule has 2 N–H and O–H groups in total. The van der Waals surface area contributed by atoms with E-state index in [0.29, 0.717) is 25.2 Å². The molecule has 0 fully saturated rings. The Morgan fingerprint density at radius 3 is 2.92 bits per heavy atom. The summed E-state index contributed by atoms with van der Waals surface area (Å²) in [6.45, 7) is 3.32. The number of nitrogens with one attached hydrogen (secondary N) is 2. The van der Waals surface area contributed by atoms with E-state index in [1.165, 1.54) is 10.7 Å². The third-order valence-electron chi connectivity index (χ3n) is 4.16. The second kappa shape index (κ2) is 6.86. The third-order valence-corrected chi connectivity index (χ3v) is 4.16. The number of H-pyrrole nitrogens is 1. The molecule has 0 saturated heterocycles. The van der Waals surface area contributed by atoms with Crippen molar-refractivity contribution in [2.24, 2.45) is 0 Å². The largest absolute Gasteiger partial charge is 0.352 e. The highest BCUT2D eigenvalue weighted by Gasteiger charge is 2.16. The predicted octanol–water partition coefficient (Wildman–Crippen LogP) is 0.198. The van der Waals surface area contributed by atoms with Crippen LogP contribution in [0.1, 0.15) is 41.1 Å². The molecule has 24 heavy (non-hydrogen) atoms. The van der Waals surface area contributed by atoms with E-state index in [1.54, 1.807) is 17.6 Å². The number of hydrogen-bond donors (Lipinski definition) is 2. The van der Waals surface area contributed by atoms with Gasteiger partial charge in [-0.1, -0.05) is 0 Å². The number of aromatic nitrogens is 4. The van der Waals surface area contributed by atoms with Crippen LogP contribution in [0.4, 0.5) is 0 Å². The Kier molecular flexibility index (Phi) is 4.64. The van der Waals surface area contributed by atoms with Gasteiger partial charge in [-0.25, -0.2) is 9.48 Å². The van der Waals surface area contributed by atoms with Crippen molar-refractivity contribution in [3.05, 3.63) is 50.1 Å². The quantitative estimate of drug-likeness (QED) is 0.764. The maximum atomic E-state index is 12.2. The summed E-state index contributed by atoms with van der Waals surface area (Å²) in [6, 6.07) is 3.20. The van der Waals surface area contributed by atoms with Gasteiger partial charge in [0, 0.05) is 31.7 Å². The summed E-state index contributed by atoms with van der Waals surface area (Å²) in [7, 11) is 0. The molecule has 1 amide bonds. The molecule has 0 radical (unpaired) electrons. The van der Waals surface area contributed by atoms with Crippen molar-refractivity contribution in [1.29, 1.82) is 0 Å². The van der Waals surface area contributed by atoms with Gasteiger partial charge in [0.15, 0.2) is 0 Å². The fourth-order valence-electron chi connectivity index (χ4n) is 2.87. The first-order valence-corrected chi connectivity index (χ1v) is 8.21. The second-order valence-electron chi connectivity index (χ2n) is 6.02. The van der Waals surface area contributed by atoms with Crippen molar-refractivity contribution in [2.45, 2.75) is 45.7 Å². The van der Waals surface area contributed by atoms with Gasteiger partial charge in [0.1, 0.15) is 11.4 Å². The summed E-state index contributed by atoms with van der Waals surface area (Å²) in [5.41, 5.74) is 0.325. The normalized spacial score (nSPS) is 13.5. The van der Waals surface area contributed by atoms with Gasteiger partial charge in [-0.05, 0) is 38.3 Å². The molecule has 0 aromatic carbocycles. The highest BCUT2D eigenvalue weighted by molar-refractivity contribution is 5.93. The topological polar surface area (TPSA) is 102 Å². The highest BCUT2D eigenvalue weighted by atomic mass is 16.2. The predicted molar refractivity (Wildman–Crippen MR) is 88.2 cm³/mol. The van der Waals surface area contributed by atoms with E-state index in [-0.39, 0.29) is 11.3 Å². The number of nitrogens with zero attached hydrogens (tertiary/aromatic N) is 3. The van der Waals surface area contributed by atoms with E-state index in [1.807, 2.05) is 0 Å². The smallest absolute Gasteiger partial charge is 0.345 e. The number of fused-ring (bicyclic) bond motifs is 1. The number of aryl methyl sites for hydroxylation is 3. The number of carbonyl (C=O) groups excluding carboxylic acids is 1. The first-order chi connectivity index (χ1) is 11.6. The lowest BCUT2D eigenvalue weighted by molar-refractivity contribution is 0.0951. The van der Waals surface area contributed by atoms with Crippen molar-refractivity contribution in [1.82, 2.24) is 24.6 Å². The van der Waals surface area contributed by atoms with E-state index in [0.717, 1.165) is 31.6 Å². The average molecular weight is 331 g/mol. The maximum absolute atomic E-state index is 12.2. The van der Waals surface area contributed by atoms with Gasteiger partial charge in [-0.15, -0.1) is 0 Å². The number of rotatable bonds is 5. The van der Waals surface area contributed by atoms with Crippen molar-refractivity contribution in [3.63, 3.8) is 0 Å². The summed E-state index contributed by atoms with van der Waals surface area (Å²) in [4.78, 5) is 38.5. The Morgan fingerprint density at radius 1 is 1.33 bits per heavy atom. The summed E-state index contributed by atoms with van der Waals surface area (Å²) < 4.78 is 3.19. The van der Waals surface area contributed by atoms with Gasteiger partial charge >= 0.3 is 5.69 Å². The third kappa shape index (κ3) is 3.32. The summed E-state index contributed by atoms with van der Waals surface area (Å²) in [5.74, 6) is 0.439. The zero-order valence-electron chi connectivity index (χ0n) is 13.7. The average Bonchev–Trinajstić information content (AvgIpc) is 2.88. The Bertz CT molecular complexity index is 861. The number of carbonyl (C=O) groups is 1. The maximum Gasteiger partial charge on any atom is 0.345 e. The van der Waals surface area contributed by atoms with Gasteiger partial charge < -0.3 is 10.3 Å². The number of aromatic amines is 1. The minimum absolute atomic E-state index is 0.0778. The minimum atomic E-state index is -0.410. The van der Waals surface area contributed by atoms with Gasteiger partial charge in [-0.3, -0.25) is 14.2 Å². The summed E-state index contributed by atoms with van der Waals surface area (Å²) in [5, 5.41) is 7.05. The summed E-state index contributed by atoms with van der Waals surface area (Å²) in [6.07, 6.45) is 3.50. The van der Waals surface area contributed by atoms with Crippen LogP contribution in [0.15, 0.2) is 21.7 Å². The van der Waals surface area contributed by atoms with E-state index in [9.17, 15) is 14.4 Å². The number of pyridine rings is 1. The van der Waals surface area contributed by atoms with Crippen LogP contribution in [0, 0.1) is 6.92 Å². The Hall–Kier alpha value is -2.64. The molecule has 8 heteroatoms. The molecule has 0 atom stereocenters. The molecule has 2 aromatic heterocycles. The van der Waals surface area contributed by atoms with Crippen molar-refractivity contribution < 1.29 is 4.79 Å². The fraction of sp³-hybridized carbons (Fsp3) is 0.500. The molecule has 0 unspecified atom stereocenters. The van der Waals surface area contributed by atoms with Gasteiger partial charge in [-0.2, -0.15) is 5.10 Å². The van der Waals surface area contributed by atoms with E-state index < -0.39 is 11.5 Å². The molecule has 1 aliphatic rings. The van der Waals surface area contributed by atoms with Crippen LogP contribution >= 0.6 is 0 Å². The fourth-order valence-corrected chi connectivity index (χ4v) is 2.87. The molecule has 3 rings (SSSR count). The monoisotopic (exact) mass is 331 g/mol. The molecule has 1 aliphatic heterocycles. The van der Waals surface area contributed by atoms with Crippen LogP contribution in [-0.4, -0.2) is 31.8 Å². The summed E-state index contributed by atoms with van der Waals surface area (Å²) >= 11 is 0. The zero-order chi connectivity index (χ0) is 17.1. The van der Waals surface area contributed by atoms with Gasteiger partial charge in [0.2, 0.25) is 0 Å². The highest BCUT2D eigenvalue weighted by Crippen LogP contribution is 2.09. The van der Waals surface area contributed by atoms with Crippen LogP contribution in [0.3, 0.4) is 0 Å². The van der Waals surface area contributed by atoms with Crippen molar-refractivity contribution in [2.75, 3.05) is 6.54 Å². The Balaban J connectivity index is 1.54. The minimum Gasteiger partial charge on any atom is -0.352 e. The zero-order valence-corrected chi connectivity index (χ0v) is 13.7. The number of amides is 1. The van der Waals surface area contributed by atoms with Gasteiger partial charge in [0.25, 0.3) is 11.5 Å². The standard InChI is InChI=1S/C16H21N5O3/c1-11-6-7-12(15(23)18-11)14(22)17-8-4-10-21-16(24)20-9-3-2-5-13(20)19-21/h6-7H,2-5,8-10H2,1H3,(H,17,22)(H,18,23). The molecule has 128 valence electrons. The SMILES string of the molecule is Cc1ccc(C(=O)NCCCn2nc3n(c2=O)CCCC3)c(=O)[nH]1. The van der Waals surface area contributed by atoms with Crippen molar-refractivity contribution >= 4 is 5.91 Å². The molecule has 2 aromatic rings.